The van der Waals surface area contributed by atoms with Crippen molar-refractivity contribution in [1.82, 2.24) is 19.4 Å². The van der Waals surface area contributed by atoms with Crippen LogP contribution in [0.2, 0.25) is 0 Å². The number of amides is 1. The second-order valence-electron chi connectivity index (χ2n) is 8.06. The van der Waals surface area contributed by atoms with Crippen molar-refractivity contribution in [2.24, 2.45) is 5.73 Å². The third kappa shape index (κ3) is 4.21. The Bertz CT molecular complexity index is 1280. The number of rotatable bonds is 7. The van der Waals surface area contributed by atoms with E-state index in [0.717, 1.165) is 38.4 Å². The number of benzene rings is 1. The topological polar surface area (TPSA) is 145 Å². The molecule has 0 bridgehead atoms. The minimum Gasteiger partial charge on any atom is -0.494 e. The summed E-state index contributed by atoms with van der Waals surface area (Å²) in [6, 6.07) is 5.95. The summed E-state index contributed by atoms with van der Waals surface area (Å²) in [5.74, 6) is 0.0236. The average molecular weight is 467 g/mol. The fourth-order valence-electron chi connectivity index (χ4n) is 4.28. The number of nitrogens with one attached hydrogen (secondary N) is 1. The van der Waals surface area contributed by atoms with Gasteiger partial charge in [0.15, 0.2) is 5.65 Å². The summed E-state index contributed by atoms with van der Waals surface area (Å²) < 4.78 is 7.19. The van der Waals surface area contributed by atoms with Crippen LogP contribution in [0.1, 0.15) is 24.2 Å². The Morgan fingerprint density at radius 1 is 1.18 bits per heavy atom. The fourth-order valence-corrected chi connectivity index (χ4v) is 4.28. The molecule has 0 radical (unpaired) electrons. The number of nitrogens with two attached hydrogens (primary N) is 2. The van der Waals surface area contributed by atoms with Gasteiger partial charge in [-0.15, -0.1) is 0 Å². The van der Waals surface area contributed by atoms with Gasteiger partial charge < -0.3 is 35.9 Å². The third-order valence-electron chi connectivity index (χ3n) is 6.22. The number of piperazine rings is 1. The number of pyridine rings is 1. The number of hydrogen-bond donors (Lipinski definition) is 3. The summed E-state index contributed by atoms with van der Waals surface area (Å²) in [6.07, 6.45) is 1.37. The Kier molecular flexibility index (Phi) is 6.55. The van der Waals surface area contributed by atoms with Gasteiger partial charge in [0, 0.05) is 50.7 Å². The van der Waals surface area contributed by atoms with Gasteiger partial charge in [0.05, 0.1) is 18.2 Å². The Balaban J connectivity index is 1.66. The minimum atomic E-state index is -0.880. The lowest BCUT2D eigenvalue weighted by atomic mass is 10.1. The highest BCUT2D eigenvalue weighted by Gasteiger charge is 2.21. The maximum Gasteiger partial charge on any atom is 0.256 e. The SMILES string of the molecule is CCN1CCN(c2ccc(Nc3ncc4c(=O)c(C(N)=O)c(N)n(CC)c4n3)c(OC)c2)CC1. The summed E-state index contributed by atoms with van der Waals surface area (Å²) in [5, 5.41) is 3.34. The van der Waals surface area contributed by atoms with Crippen LogP contribution in [0.3, 0.4) is 0 Å². The number of methoxy groups -OCH3 is 1. The van der Waals surface area contributed by atoms with Crippen molar-refractivity contribution < 1.29 is 9.53 Å². The van der Waals surface area contributed by atoms with Crippen LogP contribution in [-0.2, 0) is 6.54 Å². The van der Waals surface area contributed by atoms with E-state index in [0.29, 0.717) is 23.6 Å². The van der Waals surface area contributed by atoms with Crippen LogP contribution in [0.15, 0.2) is 29.2 Å². The zero-order chi connectivity index (χ0) is 24.4. The Morgan fingerprint density at radius 2 is 1.91 bits per heavy atom. The molecule has 11 heteroatoms. The molecule has 1 aromatic carbocycles. The molecule has 1 saturated heterocycles. The standard InChI is InChI=1S/C23H30N8O3/c1-4-29-8-10-30(11-9-29)14-6-7-16(17(12-14)34-3)27-23-26-13-15-19(32)18(21(25)33)20(24)31(5-2)22(15)28-23/h6-7,12-13H,4-5,8-11,24H2,1-3H3,(H2,25,33)(H,26,27,28). The molecule has 1 fully saturated rings. The third-order valence-corrected chi connectivity index (χ3v) is 6.22. The van der Waals surface area contributed by atoms with Crippen molar-refractivity contribution in [3.63, 3.8) is 0 Å². The lowest BCUT2D eigenvalue weighted by Crippen LogP contribution is -2.46. The van der Waals surface area contributed by atoms with Crippen LogP contribution < -0.4 is 31.8 Å². The second-order valence-corrected chi connectivity index (χ2v) is 8.06. The molecule has 34 heavy (non-hydrogen) atoms. The van der Waals surface area contributed by atoms with Gasteiger partial charge in [-0.25, -0.2) is 4.98 Å². The molecular formula is C23H30N8O3. The van der Waals surface area contributed by atoms with Gasteiger partial charge in [0.2, 0.25) is 11.4 Å². The molecular weight excluding hydrogens is 436 g/mol. The molecule has 3 heterocycles. The molecule has 3 aromatic rings. The van der Waals surface area contributed by atoms with Crippen molar-refractivity contribution in [1.29, 1.82) is 0 Å². The largest absolute Gasteiger partial charge is 0.494 e. The lowest BCUT2D eigenvalue weighted by Gasteiger charge is -2.35. The number of nitrogen functional groups attached to an aromatic ring is 1. The molecule has 0 spiro atoms. The molecule has 1 amide bonds. The van der Waals surface area contributed by atoms with Crippen molar-refractivity contribution in [3.05, 3.63) is 40.2 Å². The first-order valence-corrected chi connectivity index (χ1v) is 11.3. The first kappa shape index (κ1) is 23.3. The maximum absolute atomic E-state index is 12.7. The van der Waals surface area contributed by atoms with Crippen LogP contribution >= 0.6 is 0 Å². The quantitative estimate of drug-likeness (QED) is 0.470. The first-order chi connectivity index (χ1) is 16.4. The Morgan fingerprint density at radius 3 is 2.53 bits per heavy atom. The molecule has 0 unspecified atom stereocenters. The van der Waals surface area contributed by atoms with E-state index < -0.39 is 11.3 Å². The van der Waals surface area contributed by atoms with Crippen molar-refractivity contribution in [2.75, 3.05) is 55.8 Å². The number of carbonyl (C=O) groups excluding carboxylic acids is 1. The molecule has 0 atom stereocenters. The highest BCUT2D eigenvalue weighted by atomic mass is 16.5. The number of ether oxygens (including phenoxy) is 1. The second kappa shape index (κ2) is 9.56. The van der Waals surface area contributed by atoms with Gasteiger partial charge in [-0.05, 0) is 25.6 Å². The normalized spacial score (nSPS) is 14.4. The Hall–Kier alpha value is -3.86. The summed E-state index contributed by atoms with van der Waals surface area (Å²) in [4.78, 5) is 38.0. The van der Waals surface area contributed by atoms with Crippen LogP contribution in [0.5, 0.6) is 5.75 Å². The van der Waals surface area contributed by atoms with E-state index in [9.17, 15) is 9.59 Å². The number of carbonyl (C=O) groups is 1. The number of nitrogens with zero attached hydrogens (tertiary/aromatic N) is 5. The monoisotopic (exact) mass is 466 g/mol. The molecule has 1 aliphatic rings. The van der Waals surface area contributed by atoms with Gasteiger partial charge in [0.1, 0.15) is 17.1 Å². The molecule has 2 aromatic heterocycles. The summed E-state index contributed by atoms with van der Waals surface area (Å²) in [5.41, 5.74) is 12.7. The number of anilines is 4. The van der Waals surface area contributed by atoms with E-state index in [4.69, 9.17) is 16.2 Å². The molecule has 11 nitrogen and oxygen atoms in total. The van der Waals surface area contributed by atoms with E-state index in [1.807, 2.05) is 25.1 Å². The smallest absolute Gasteiger partial charge is 0.256 e. The summed E-state index contributed by atoms with van der Waals surface area (Å²) in [7, 11) is 1.61. The number of fused-ring (bicyclic) bond motifs is 1. The van der Waals surface area contributed by atoms with Crippen molar-refractivity contribution in [3.8, 4) is 5.75 Å². The predicted octanol–water partition coefficient (Wildman–Crippen LogP) is 1.39. The zero-order valence-electron chi connectivity index (χ0n) is 19.7. The molecule has 1 aliphatic heterocycles. The fraction of sp³-hybridized carbons (Fsp3) is 0.391. The number of aromatic nitrogens is 3. The van der Waals surface area contributed by atoms with E-state index in [1.54, 1.807) is 11.7 Å². The van der Waals surface area contributed by atoms with E-state index in [-0.39, 0.29) is 22.7 Å². The predicted molar refractivity (Wildman–Crippen MR) is 133 cm³/mol. The molecule has 180 valence electrons. The van der Waals surface area contributed by atoms with Crippen molar-refractivity contribution >= 4 is 40.1 Å². The first-order valence-electron chi connectivity index (χ1n) is 11.3. The van der Waals surface area contributed by atoms with E-state index in [1.165, 1.54) is 6.20 Å². The highest BCUT2D eigenvalue weighted by Crippen LogP contribution is 2.32. The molecule has 0 saturated carbocycles. The average Bonchev–Trinajstić information content (AvgIpc) is 2.84. The molecule has 5 N–H and O–H groups in total. The van der Waals surface area contributed by atoms with Crippen LogP contribution in [0, 0.1) is 0 Å². The van der Waals surface area contributed by atoms with Gasteiger partial charge in [-0.1, -0.05) is 6.92 Å². The highest BCUT2D eigenvalue weighted by molar-refractivity contribution is 6.00. The van der Waals surface area contributed by atoms with Gasteiger partial charge in [-0.2, -0.15) is 4.98 Å². The van der Waals surface area contributed by atoms with Crippen molar-refractivity contribution in [2.45, 2.75) is 20.4 Å². The van der Waals surface area contributed by atoms with Gasteiger partial charge in [-0.3, -0.25) is 9.59 Å². The Labute approximate surface area is 197 Å². The number of hydrogen-bond acceptors (Lipinski definition) is 9. The maximum atomic E-state index is 12.7. The van der Waals surface area contributed by atoms with E-state index in [2.05, 4.69) is 32.0 Å². The summed E-state index contributed by atoms with van der Waals surface area (Å²) in [6.45, 7) is 9.45. The van der Waals surface area contributed by atoms with E-state index >= 15 is 0 Å². The van der Waals surface area contributed by atoms with Crippen LogP contribution in [-0.4, -0.2) is 65.2 Å². The minimum absolute atomic E-state index is 0.0118. The van der Waals surface area contributed by atoms with Gasteiger partial charge >= 0.3 is 0 Å². The lowest BCUT2D eigenvalue weighted by molar-refractivity contribution is 0.1000. The van der Waals surface area contributed by atoms with Crippen LogP contribution in [0.25, 0.3) is 11.0 Å². The van der Waals surface area contributed by atoms with Gasteiger partial charge in [0.25, 0.3) is 5.91 Å². The number of likely N-dealkylation sites (N-methyl/N-ethyl adjacent to an activating group) is 1. The zero-order valence-corrected chi connectivity index (χ0v) is 19.7. The molecule has 0 aliphatic carbocycles. The number of primary amides is 1. The molecule has 4 rings (SSSR count). The van der Waals surface area contributed by atoms with Crippen LogP contribution in [0.4, 0.5) is 23.1 Å². The summed E-state index contributed by atoms with van der Waals surface area (Å²) >= 11 is 0. The number of aryl methyl sites for hydroxylation is 1.